The summed E-state index contributed by atoms with van der Waals surface area (Å²) < 4.78 is 25.3. The van der Waals surface area contributed by atoms with E-state index in [9.17, 15) is 9.18 Å². The molecule has 0 aliphatic carbocycles. The van der Waals surface area contributed by atoms with Crippen LogP contribution in [0.4, 0.5) is 4.39 Å². The van der Waals surface area contributed by atoms with Crippen molar-refractivity contribution in [3.63, 3.8) is 0 Å². The quantitative estimate of drug-likeness (QED) is 0.720. The van der Waals surface area contributed by atoms with Crippen LogP contribution in [0.1, 0.15) is 27.7 Å². The topological polar surface area (TPSA) is 55.6 Å². The maximum Gasteiger partial charge on any atom is 0.257 e. The Bertz CT molecular complexity index is 924. The molecule has 0 spiro atoms. The Kier molecular flexibility index (Phi) is 4.39. The highest BCUT2D eigenvalue weighted by Crippen LogP contribution is 2.23. The molecule has 5 nitrogen and oxygen atoms in total. The third kappa shape index (κ3) is 3.31. The van der Waals surface area contributed by atoms with E-state index in [2.05, 4.69) is 4.98 Å². The molecule has 0 atom stereocenters. The minimum atomic E-state index is -0.516. The summed E-state index contributed by atoms with van der Waals surface area (Å²) in [5.41, 5.74) is 0.900. The summed E-state index contributed by atoms with van der Waals surface area (Å²) in [4.78, 5) is 18.6. The number of ether oxygens (including phenoxy) is 1. The molecule has 132 valence electrons. The van der Waals surface area contributed by atoms with E-state index in [1.54, 1.807) is 17.0 Å². The van der Waals surface area contributed by atoms with Gasteiger partial charge in [-0.05, 0) is 24.3 Å². The number of hydrogen-bond donors (Lipinski definition) is 0. The molecule has 0 saturated heterocycles. The zero-order valence-electron chi connectivity index (χ0n) is 14.0. The summed E-state index contributed by atoms with van der Waals surface area (Å²) in [6.07, 6.45) is 0.574. The van der Waals surface area contributed by atoms with Gasteiger partial charge in [-0.2, -0.15) is 0 Å². The van der Waals surface area contributed by atoms with Crippen LogP contribution in [0.5, 0.6) is 5.75 Å². The number of benzene rings is 2. The van der Waals surface area contributed by atoms with E-state index in [-0.39, 0.29) is 24.6 Å². The molecular weight excluding hydrogens is 335 g/mol. The molecule has 0 unspecified atom stereocenters. The average molecular weight is 352 g/mol. The number of carbonyl (C=O) groups excluding carboxylic acids is 1. The number of amides is 1. The second kappa shape index (κ2) is 7.00. The van der Waals surface area contributed by atoms with E-state index in [1.165, 1.54) is 12.1 Å². The number of oxazole rings is 1. The number of aromatic nitrogens is 1. The average Bonchev–Trinajstić information content (AvgIpc) is 3.09. The Morgan fingerprint density at radius 3 is 2.73 bits per heavy atom. The van der Waals surface area contributed by atoms with Crippen molar-refractivity contribution >= 4 is 5.91 Å². The van der Waals surface area contributed by atoms with Crippen molar-refractivity contribution in [1.82, 2.24) is 9.88 Å². The summed E-state index contributed by atoms with van der Waals surface area (Å²) in [6, 6.07) is 15.4. The molecule has 3 aromatic rings. The Morgan fingerprint density at radius 1 is 1.15 bits per heavy atom. The molecule has 0 fully saturated rings. The van der Waals surface area contributed by atoms with Crippen molar-refractivity contribution in [3.05, 3.63) is 83.3 Å². The molecule has 6 heteroatoms. The number of nitrogens with zero attached hydrogens (tertiary/aromatic N) is 2. The van der Waals surface area contributed by atoms with E-state index >= 15 is 0 Å². The number of halogens is 1. The van der Waals surface area contributed by atoms with Crippen molar-refractivity contribution in [2.75, 3.05) is 6.54 Å². The summed E-state index contributed by atoms with van der Waals surface area (Å²) in [6.45, 7) is 0.977. The Balaban J connectivity index is 1.45. The molecule has 2 aromatic carbocycles. The van der Waals surface area contributed by atoms with Crippen molar-refractivity contribution in [3.8, 4) is 5.75 Å². The van der Waals surface area contributed by atoms with Gasteiger partial charge in [-0.25, -0.2) is 9.37 Å². The molecule has 1 aliphatic rings. The van der Waals surface area contributed by atoms with Gasteiger partial charge in [-0.1, -0.05) is 30.3 Å². The molecule has 4 rings (SSSR count). The first kappa shape index (κ1) is 16.3. The van der Waals surface area contributed by atoms with Gasteiger partial charge in [0.1, 0.15) is 17.3 Å². The first-order valence-corrected chi connectivity index (χ1v) is 8.40. The lowest BCUT2D eigenvalue weighted by Crippen LogP contribution is -2.36. The first-order chi connectivity index (χ1) is 12.7. The lowest BCUT2D eigenvalue weighted by molar-refractivity contribution is 0.0713. The van der Waals surface area contributed by atoms with Gasteiger partial charge < -0.3 is 14.1 Å². The highest BCUT2D eigenvalue weighted by atomic mass is 19.1. The van der Waals surface area contributed by atoms with Crippen LogP contribution in [-0.2, 0) is 19.6 Å². The Hall–Kier alpha value is -3.15. The summed E-state index contributed by atoms with van der Waals surface area (Å²) in [5, 5.41) is 0. The van der Waals surface area contributed by atoms with E-state index in [0.29, 0.717) is 24.6 Å². The molecule has 1 aliphatic heterocycles. The number of fused-ring (bicyclic) bond motifs is 1. The van der Waals surface area contributed by atoms with Crippen LogP contribution < -0.4 is 4.74 Å². The second-order valence-corrected chi connectivity index (χ2v) is 6.04. The number of hydrogen-bond acceptors (Lipinski definition) is 4. The van der Waals surface area contributed by atoms with Crippen molar-refractivity contribution in [2.45, 2.75) is 19.6 Å². The molecule has 26 heavy (non-hydrogen) atoms. The van der Waals surface area contributed by atoms with Crippen LogP contribution in [0.25, 0.3) is 0 Å². The molecule has 0 N–H and O–H groups in total. The predicted octanol–water partition coefficient (Wildman–Crippen LogP) is 3.59. The minimum absolute atomic E-state index is 0.0723. The predicted molar refractivity (Wildman–Crippen MR) is 92.1 cm³/mol. The normalized spacial score (nSPS) is 13.3. The molecular formula is C20H17FN2O3. The first-order valence-electron chi connectivity index (χ1n) is 8.40. The fraction of sp³-hybridized carbons (Fsp3) is 0.200. The molecule has 1 aromatic heterocycles. The maximum absolute atomic E-state index is 13.9. The van der Waals surface area contributed by atoms with Gasteiger partial charge in [-0.15, -0.1) is 0 Å². The summed E-state index contributed by atoms with van der Waals surface area (Å²) in [5.74, 6) is 0.983. The van der Waals surface area contributed by atoms with Gasteiger partial charge in [0.2, 0.25) is 5.89 Å². The third-order valence-corrected chi connectivity index (χ3v) is 4.27. The number of para-hydroxylation sites is 1. The standard InChI is InChI=1S/C20H17FN2O3/c21-16-9-5-4-8-15(16)20(24)23-11-10-17-18(12-23)26-19(22-17)13-25-14-6-2-1-3-7-14/h1-9H,10-13H2. The monoisotopic (exact) mass is 352 g/mol. The lowest BCUT2D eigenvalue weighted by atomic mass is 10.1. The third-order valence-electron chi connectivity index (χ3n) is 4.27. The van der Waals surface area contributed by atoms with Gasteiger partial charge in [0.25, 0.3) is 5.91 Å². The van der Waals surface area contributed by atoms with Gasteiger partial charge >= 0.3 is 0 Å². The van der Waals surface area contributed by atoms with Crippen LogP contribution in [0.3, 0.4) is 0 Å². The van der Waals surface area contributed by atoms with Crippen LogP contribution in [0, 0.1) is 5.82 Å². The maximum atomic E-state index is 13.9. The number of carbonyl (C=O) groups is 1. The Labute approximate surface area is 150 Å². The molecule has 0 bridgehead atoms. The van der Waals surface area contributed by atoms with E-state index < -0.39 is 5.82 Å². The lowest BCUT2D eigenvalue weighted by Gasteiger charge is -2.25. The van der Waals surface area contributed by atoms with Crippen LogP contribution in [0.2, 0.25) is 0 Å². The molecule has 1 amide bonds. The highest BCUT2D eigenvalue weighted by molar-refractivity contribution is 5.94. The highest BCUT2D eigenvalue weighted by Gasteiger charge is 2.27. The molecule has 2 heterocycles. The van der Waals surface area contributed by atoms with E-state index in [1.807, 2.05) is 30.3 Å². The smallest absolute Gasteiger partial charge is 0.257 e. The van der Waals surface area contributed by atoms with Crippen molar-refractivity contribution < 1.29 is 18.3 Å². The van der Waals surface area contributed by atoms with Gasteiger partial charge in [0, 0.05) is 13.0 Å². The number of rotatable bonds is 4. The fourth-order valence-electron chi connectivity index (χ4n) is 2.95. The summed E-state index contributed by atoms with van der Waals surface area (Å²) in [7, 11) is 0. The largest absolute Gasteiger partial charge is 0.484 e. The van der Waals surface area contributed by atoms with Crippen LogP contribution >= 0.6 is 0 Å². The van der Waals surface area contributed by atoms with Gasteiger partial charge in [0.05, 0.1) is 17.8 Å². The SMILES string of the molecule is O=C(c1ccccc1F)N1CCc2nc(COc3ccccc3)oc2C1. The fourth-order valence-corrected chi connectivity index (χ4v) is 2.95. The van der Waals surface area contributed by atoms with Crippen LogP contribution in [-0.4, -0.2) is 22.3 Å². The molecule has 0 radical (unpaired) electrons. The zero-order chi connectivity index (χ0) is 17.9. The summed E-state index contributed by atoms with van der Waals surface area (Å²) >= 11 is 0. The minimum Gasteiger partial charge on any atom is -0.484 e. The van der Waals surface area contributed by atoms with E-state index in [4.69, 9.17) is 9.15 Å². The van der Waals surface area contributed by atoms with Crippen molar-refractivity contribution in [1.29, 1.82) is 0 Å². The van der Waals surface area contributed by atoms with Gasteiger partial charge in [0.15, 0.2) is 6.61 Å². The van der Waals surface area contributed by atoms with Crippen LogP contribution in [0.15, 0.2) is 59.0 Å². The van der Waals surface area contributed by atoms with Crippen molar-refractivity contribution in [2.24, 2.45) is 0 Å². The van der Waals surface area contributed by atoms with Gasteiger partial charge in [-0.3, -0.25) is 4.79 Å². The molecule has 0 saturated carbocycles. The zero-order valence-corrected chi connectivity index (χ0v) is 14.0. The van der Waals surface area contributed by atoms with E-state index in [0.717, 1.165) is 11.4 Å². The Morgan fingerprint density at radius 2 is 1.92 bits per heavy atom. The second-order valence-electron chi connectivity index (χ2n) is 6.04.